The molecule has 2 fully saturated rings. The molecule has 0 saturated carbocycles. The number of hydrogen-bond donors (Lipinski definition) is 2. The molecule has 0 aliphatic carbocycles. The van der Waals surface area contributed by atoms with Crippen LogP contribution in [0.15, 0.2) is 0 Å². The van der Waals surface area contributed by atoms with Crippen LogP contribution in [0.1, 0.15) is 32.1 Å². The summed E-state index contributed by atoms with van der Waals surface area (Å²) in [5.41, 5.74) is 0. The lowest BCUT2D eigenvalue weighted by Gasteiger charge is -2.22. The minimum absolute atomic E-state index is 0.0839. The van der Waals surface area contributed by atoms with Crippen LogP contribution in [0.5, 0.6) is 0 Å². The van der Waals surface area contributed by atoms with E-state index < -0.39 is 0 Å². The summed E-state index contributed by atoms with van der Waals surface area (Å²) in [5.74, 6) is 0.353. The number of nitrogens with zero attached hydrogens (tertiary/aromatic N) is 1. The maximum absolute atomic E-state index is 11.8. The van der Waals surface area contributed by atoms with Gasteiger partial charge in [-0.15, -0.1) is 0 Å². The molecule has 102 valence electrons. The van der Waals surface area contributed by atoms with Gasteiger partial charge in [0, 0.05) is 32.6 Å². The molecule has 0 unspecified atom stereocenters. The van der Waals surface area contributed by atoms with Gasteiger partial charge in [-0.25, -0.2) is 0 Å². The molecule has 5 heteroatoms. The lowest BCUT2D eigenvalue weighted by molar-refractivity contribution is -0.130. The third-order valence-corrected chi connectivity index (χ3v) is 3.76. The molecule has 0 aromatic heterocycles. The summed E-state index contributed by atoms with van der Waals surface area (Å²) in [7, 11) is 0. The van der Waals surface area contributed by atoms with Gasteiger partial charge in [-0.1, -0.05) is 0 Å². The van der Waals surface area contributed by atoms with Crippen molar-refractivity contribution in [2.75, 3.05) is 32.7 Å². The van der Waals surface area contributed by atoms with Gasteiger partial charge in [-0.3, -0.25) is 9.59 Å². The first kappa shape index (κ1) is 13.3. The summed E-state index contributed by atoms with van der Waals surface area (Å²) in [6, 6.07) is 0. The number of rotatable bonds is 4. The first-order valence-corrected chi connectivity index (χ1v) is 7.03. The molecule has 2 amide bonds. The smallest absolute Gasteiger partial charge is 0.224 e. The normalized spacial score (nSPS) is 24.0. The standard InChI is InChI=1S/C13H23N3O2/c17-12(16-8-1-2-9-16)5-7-15-13(18)11-4-3-6-14-10-11/h11,14H,1-10H2,(H,15,18)/t11-/m1/s1. The first-order chi connectivity index (χ1) is 8.77. The summed E-state index contributed by atoms with van der Waals surface area (Å²) in [5, 5.41) is 6.10. The van der Waals surface area contributed by atoms with E-state index in [9.17, 15) is 9.59 Å². The van der Waals surface area contributed by atoms with E-state index in [1.54, 1.807) is 0 Å². The highest BCUT2D eigenvalue weighted by atomic mass is 16.2. The van der Waals surface area contributed by atoms with Crippen molar-refractivity contribution >= 4 is 11.8 Å². The number of likely N-dealkylation sites (tertiary alicyclic amines) is 1. The highest BCUT2D eigenvalue weighted by molar-refractivity contribution is 5.80. The second kappa shape index (κ2) is 6.73. The average Bonchev–Trinajstić information content (AvgIpc) is 2.93. The highest BCUT2D eigenvalue weighted by Gasteiger charge is 2.21. The van der Waals surface area contributed by atoms with Gasteiger partial charge in [-0.2, -0.15) is 0 Å². The molecule has 0 aromatic carbocycles. The number of carbonyl (C=O) groups is 2. The van der Waals surface area contributed by atoms with Crippen molar-refractivity contribution in [1.29, 1.82) is 0 Å². The Morgan fingerprint density at radius 1 is 1.22 bits per heavy atom. The fourth-order valence-corrected chi connectivity index (χ4v) is 2.64. The summed E-state index contributed by atoms with van der Waals surface area (Å²) >= 11 is 0. The number of nitrogens with one attached hydrogen (secondary N) is 2. The molecule has 2 aliphatic rings. The molecule has 5 nitrogen and oxygen atoms in total. The Balaban J connectivity index is 1.62. The van der Waals surface area contributed by atoms with Crippen molar-refractivity contribution in [1.82, 2.24) is 15.5 Å². The molecule has 2 rings (SSSR count). The van der Waals surface area contributed by atoms with Crippen LogP contribution in [-0.4, -0.2) is 49.4 Å². The Morgan fingerprint density at radius 3 is 2.67 bits per heavy atom. The fraction of sp³-hybridized carbons (Fsp3) is 0.846. The topological polar surface area (TPSA) is 61.4 Å². The van der Waals surface area contributed by atoms with Crippen molar-refractivity contribution in [2.45, 2.75) is 32.1 Å². The summed E-state index contributed by atoms with van der Waals surface area (Å²) < 4.78 is 0. The van der Waals surface area contributed by atoms with Crippen molar-refractivity contribution in [3.05, 3.63) is 0 Å². The molecule has 2 heterocycles. The average molecular weight is 253 g/mol. The molecule has 0 aromatic rings. The molecular weight excluding hydrogens is 230 g/mol. The molecule has 2 aliphatic heterocycles. The van der Waals surface area contributed by atoms with E-state index in [0.29, 0.717) is 13.0 Å². The van der Waals surface area contributed by atoms with Gasteiger partial charge >= 0.3 is 0 Å². The second-order valence-electron chi connectivity index (χ2n) is 5.17. The van der Waals surface area contributed by atoms with Crippen LogP contribution in [0.4, 0.5) is 0 Å². The summed E-state index contributed by atoms with van der Waals surface area (Å²) in [4.78, 5) is 25.5. The number of carbonyl (C=O) groups excluding carboxylic acids is 2. The van der Waals surface area contributed by atoms with E-state index in [-0.39, 0.29) is 17.7 Å². The largest absolute Gasteiger partial charge is 0.355 e. The zero-order chi connectivity index (χ0) is 12.8. The van der Waals surface area contributed by atoms with Gasteiger partial charge in [-0.05, 0) is 32.2 Å². The van der Waals surface area contributed by atoms with Gasteiger partial charge in [0.2, 0.25) is 11.8 Å². The fourth-order valence-electron chi connectivity index (χ4n) is 2.64. The third-order valence-electron chi connectivity index (χ3n) is 3.76. The van der Waals surface area contributed by atoms with Crippen LogP contribution in [-0.2, 0) is 9.59 Å². The Bertz CT molecular complexity index is 295. The van der Waals surface area contributed by atoms with E-state index in [1.807, 2.05) is 4.90 Å². The van der Waals surface area contributed by atoms with Gasteiger partial charge < -0.3 is 15.5 Å². The second-order valence-corrected chi connectivity index (χ2v) is 5.17. The van der Waals surface area contributed by atoms with Crippen LogP contribution in [0.3, 0.4) is 0 Å². The lowest BCUT2D eigenvalue weighted by atomic mass is 9.99. The molecule has 0 spiro atoms. The van der Waals surface area contributed by atoms with Crippen molar-refractivity contribution in [3.63, 3.8) is 0 Å². The van der Waals surface area contributed by atoms with E-state index in [1.165, 1.54) is 0 Å². The van der Waals surface area contributed by atoms with Crippen LogP contribution in [0, 0.1) is 5.92 Å². The van der Waals surface area contributed by atoms with Gasteiger partial charge in [0.05, 0.1) is 5.92 Å². The van der Waals surface area contributed by atoms with Crippen LogP contribution < -0.4 is 10.6 Å². The first-order valence-electron chi connectivity index (χ1n) is 7.03. The minimum Gasteiger partial charge on any atom is -0.355 e. The molecular formula is C13H23N3O2. The van der Waals surface area contributed by atoms with Crippen molar-refractivity contribution in [3.8, 4) is 0 Å². The quantitative estimate of drug-likeness (QED) is 0.748. The highest BCUT2D eigenvalue weighted by Crippen LogP contribution is 2.10. The molecule has 2 N–H and O–H groups in total. The van der Waals surface area contributed by atoms with E-state index in [2.05, 4.69) is 10.6 Å². The number of piperidine rings is 1. The molecule has 2 saturated heterocycles. The Morgan fingerprint density at radius 2 is 2.00 bits per heavy atom. The van der Waals surface area contributed by atoms with Crippen LogP contribution in [0.2, 0.25) is 0 Å². The molecule has 18 heavy (non-hydrogen) atoms. The summed E-state index contributed by atoms with van der Waals surface area (Å²) in [6.45, 7) is 4.03. The maximum Gasteiger partial charge on any atom is 0.224 e. The van der Waals surface area contributed by atoms with E-state index in [4.69, 9.17) is 0 Å². The van der Waals surface area contributed by atoms with Crippen molar-refractivity contribution in [2.24, 2.45) is 5.92 Å². The minimum atomic E-state index is 0.0839. The van der Waals surface area contributed by atoms with Crippen LogP contribution in [0.25, 0.3) is 0 Å². The van der Waals surface area contributed by atoms with E-state index >= 15 is 0 Å². The third kappa shape index (κ3) is 3.70. The monoisotopic (exact) mass is 253 g/mol. The number of amides is 2. The van der Waals surface area contributed by atoms with Gasteiger partial charge in [0.25, 0.3) is 0 Å². The SMILES string of the molecule is O=C(NCCC(=O)N1CCCC1)[C@@H]1CCCNC1. The maximum atomic E-state index is 11.8. The Hall–Kier alpha value is -1.10. The van der Waals surface area contributed by atoms with Crippen molar-refractivity contribution < 1.29 is 9.59 Å². The zero-order valence-corrected chi connectivity index (χ0v) is 10.9. The van der Waals surface area contributed by atoms with Crippen LogP contribution >= 0.6 is 0 Å². The zero-order valence-electron chi connectivity index (χ0n) is 10.9. The number of hydrogen-bond acceptors (Lipinski definition) is 3. The molecule has 0 radical (unpaired) electrons. The lowest BCUT2D eigenvalue weighted by Crippen LogP contribution is -2.41. The Labute approximate surface area is 108 Å². The summed E-state index contributed by atoms with van der Waals surface area (Å²) in [6.07, 6.45) is 4.69. The molecule has 0 bridgehead atoms. The predicted octanol–water partition coefficient (Wildman–Crippen LogP) is 0.115. The van der Waals surface area contributed by atoms with Gasteiger partial charge in [0.1, 0.15) is 0 Å². The predicted molar refractivity (Wildman–Crippen MR) is 69.0 cm³/mol. The molecule has 1 atom stereocenters. The van der Waals surface area contributed by atoms with E-state index in [0.717, 1.165) is 51.9 Å². The Kier molecular flexibility index (Phi) is 4.99. The van der Waals surface area contributed by atoms with Gasteiger partial charge in [0.15, 0.2) is 0 Å².